The maximum absolute atomic E-state index is 13.0. The van der Waals surface area contributed by atoms with Crippen LogP contribution in [0.2, 0.25) is 5.02 Å². The van der Waals surface area contributed by atoms with Gasteiger partial charge in [-0.2, -0.15) is 9.78 Å². The predicted octanol–water partition coefficient (Wildman–Crippen LogP) is 4.52. The molecule has 0 aliphatic carbocycles. The molecule has 1 aliphatic rings. The van der Waals surface area contributed by atoms with Gasteiger partial charge >= 0.3 is 0 Å². The van der Waals surface area contributed by atoms with Crippen molar-refractivity contribution >= 4 is 44.5 Å². The van der Waals surface area contributed by atoms with E-state index in [1.165, 1.54) is 27.3 Å². The van der Waals surface area contributed by atoms with E-state index in [0.717, 1.165) is 29.9 Å². The highest BCUT2D eigenvalue weighted by Crippen LogP contribution is 2.28. The molecule has 1 fully saturated rings. The molecule has 0 amide bonds. The first-order valence-electron chi connectivity index (χ1n) is 10.2. The van der Waals surface area contributed by atoms with Crippen molar-refractivity contribution in [1.82, 2.24) is 14.8 Å². The smallest absolute Gasteiger partial charge is 0.294 e. The van der Waals surface area contributed by atoms with E-state index in [-0.39, 0.29) is 16.6 Å². The molecular formula is C23H22ClN5OS. The normalized spacial score (nSPS) is 16.8. The summed E-state index contributed by atoms with van der Waals surface area (Å²) < 4.78 is 2.30. The van der Waals surface area contributed by atoms with Crippen LogP contribution >= 0.6 is 22.9 Å². The first kappa shape index (κ1) is 20.0. The summed E-state index contributed by atoms with van der Waals surface area (Å²) >= 11 is 7.97. The Morgan fingerprint density at radius 3 is 2.61 bits per heavy atom. The number of fused-ring (bicyclic) bond motifs is 1. The lowest BCUT2D eigenvalue weighted by Gasteiger charge is -2.42. The third-order valence-electron chi connectivity index (χ3n) is 5.70. The molecule has 0 radical (unpaired) electrons. The van der Waals surface area contributed by atoms with Gasteiger partial charge in [0.2, 0.25) is 5.13 Å². The number of aromatic nitrogens is 3. The number of para-hydroxylation sites is 1. The number of thiazole rings is 1. The minimum absolute atomic E-state index is 0.185. The second-order valence-electron chi connectivity index (χ2n) is 7.85. The molecule has 4 aromatic rings. The topological polar surface area (TPSA) is 54.3 Å². The molecule has 5 rings (SSSR count). The molecule has 0 spiro atoms. The van der Waals surface area contributed by atoms with Gasteiger partial charge in [-0.25, -0.2) is 4.98 Å². The molecule has 1 atom stereocenters. The van der Waals surface area contributed by atoms with Gasteiger partial charge in [-0.15, -0.1) is 0 Å². The SMILES string of the molecule is Cc1ccc(N2CCN(c3cnn(-c4nc5ccccc5s4)c(=O)c3Cl)C[C@H]2C)cc1. The lowest BCUT2D eigenvalue weighted by Crippen LogP contribution is -2.52. The molecule has 8 heteroatoms. The molecule has 0 saturated carbocycles. The average molecular weight is 452 g/mol. The zero-order valence-corrected chi connectivity index (χ0v) is 18.9. The second-order valence-corrected chi connectivity index (χ2v) is 9.24. The fraction of sp³-hybridized carbons (Fsp3) is 0.261. The molecular weight excluding hydrogens is 430 g/mol. The standard InChI is InChI=1S/C23H22ClN5OS/c1-15-7-9-17(10-8-15)28-12-11-27(14-16(28)2)19-13-25-29(22(30)21(19)24)23-26-18-5-3-4-6-20(18)31-23/h3-10,13,16H,11-12,14H2,1-2H3/t16-/m1/s1. The molecule has 3 heterocycles. The Hall–Kier alpha value is -2.90. The third kappa shape index (κ3) is 3.68. The molecule has 6 nitrogen and oxygen atoms in total. The molecule has 31 heavy (non-hydrogen) atoms. The maximum atomic E-state index is 13.0. The van der Waals surface area contributed by atoms with Gasteiger partial charge in [0.15, 0.2) is 0 Å². The van der Waals surface area contributed by atoms with Crippen LogP contribution < -0.4 is 15.4 Å². The van der Waals surface area contributed by atoms with Crippen LogP contribution in [0.15, 0.2) is 59.5 Å². The van der Waals surface area contributed by atoms with Crippen LogP contribution in [0, 0.1) is 6.92 Å². The Morgan fingerprint density at radius 1 is 1.10 bits per heavy atom. The van der Waals surface area contributed by atoms with E-state index in [1.54, 1.807) is 6.20 Å². The van der Waals surface area contributed by atoms with Crippen molar-refractivity contribution < 1.29 is 0 Å². The van der Waals surface area contributed by atoms with Gasteiger partial charge in [0, 0.05) is 31.4 Å². The number of piperazine rings is 1. The van der Waals surface area contributed by atoms with Crippen LogP contribution in [0.5, 0.6) is 0 Å². The first-order chi connectivity index (χ1) is 15.0. The van der Waals surface area contributed by atoms with E-state index in [4.69, 9.17) is 11.6 Å². The van der Waals surface area contributed by atoms with Gasteiger partial charge in [0.05, 0.1) is 22.1 Å². The van der Waals surface area contributed by atoms with Crippen LogP contribution in [0.25, 0.3) is 15.3 Å². The number of rotatable bonds is 3. The maximum Gasteiger partial charge on any atom is 0.294 e. The van der Waals surface area contributed by atoms with Crippen molar-refractivity contribution in [3.05, 3.63) is 75.7 Å². The average Bonchev–Trinajstić information content (AvgIpc) is 3.20. The summed E-state index contributed by atoms with van der Waals surface area (Å²) in [5, 5.41) is 5.11. The highest BCUT2D eigenvalue weighted by molar-refractivity contribution is 7.20. The van der Waals surface area contributed by atoms with Crippen molar-refractivity contribution in [1.29, 1.82) is 0 Å². The summed E-state index contributed by atoms with van der Waals surface area (Å²) in [6.45, 7) is 6.66. The van der Waals surface area contributed by atoms with E-state index in [1.807, 2.05) is 24.3 Å². The Labute approximate surface area is 189 Å². The van der Waals surface area contributed by atoms with E-state index in [0.29, 0.717) is 10.8 Å². The number of anilines is 2. The van der Waals surface area contributed by atoms with Crippen molar-refractivity contribution in [2.24, 2.45) is 0 Å². The van der Waals surface area contributed by atoms with Crippen LogP contribution in [0.3, 0.4) is 0 Å². The van der Waals surface area contributed by atoms with E-state index in [9.17, 15) is 4.79 Å². The minimum atomic E-state index is -0.341. The lowest BCUT2D eigenvalue weighted by atomic mass is 10.1. The highest BCUT2D eigenvalue weighted by Gasteiger charge is 2.27. The van der Waals surface area contributed by atoms with E-state index < -0.39 is 0 Å². The van der Waals surface area contributed by atoms with Crippen molar-refractivity contribution in [2.45, 2.75) is 19.9 Å². The molecule has 1 saturated heterocycles. The Kier molecular flexibility index (Phi) is 5.16. The van der Waals surface area contributed by atoms with E-state index >= 15 is 0 Å². The molecule has 0 bridgehead atoms. The minimum Gasteiger partial charge on any atom is -0.365 e. The first-order valence-corrected chi connectivity index (χ1v) is 11.4. The largest absolute Gasteiger partial charge is 0.365 e. The fourth-order valence-electron chi connectivity index (χ4n) is 4.03. The molecule has 1 aliphatic heterocycles. The number of benzene rings is 2. The van der Waals surface area contributed by atoms with Gasteiger partial charge in [-0.3, -0.25) is 4.79 Å². The van der Waals surface area contributed by atoms with Crippen LogP contribution in [0.4, 0.5) is 11.4 Å². The summed E-state index contributed by atoms with van der Waals surface area (Å²) in [5.41, 5.74) is 3.65. The van der Waals surface area contributed by atoms with Crippen LogP contribution in [-0.4, -0.2) is 40.4 Å². The lowest BCUT2D eigenvalue weighted by molar-refractivity contribution is 0.549. The van der Waals surface area contributed by atoms with Gasteiger partial charge in [0.1, 0.15) is 5.02 Å². The van der Waals surface area contributed by atoms with Gasteiger partial charge in [-0.05, 0) is 38.1 Å². The molecule has 0 N–H and O–H groups in total. The van der Waals surface area contributed by atoms with Crippen molar-refractivity contribution in [3.8, 4) is 5.13 Å². The zero-order valence-electron chi connectivity index (χ0n) is 17.3. The number of aryl methyl sites for hydroxylation is 1. The Bertz CT molecular complexity index is 1270. The van der Waals surface area contributed by atoms with Crippen molar-refractivity contribution in [3.63, 3.8) is 0 Å². The molecule has 158 valence electrons. The quantitative estimate of drug-likeness (QED) is 0.458. The number of halogens is 1. The summed E-state index contributed by atoms with van der Waals surface area (Å²) in [6.07, 6.45) is 1.68. The summed E-state index contributed by atoms with van der Waals surface area (Å²) in [6, 6.07) is 16.7. The van der Waals surface area contributed by atoms with Gasteiger partial charge < -0.3 is 9.80 Å². The van der Waals surface area contributed by atoms with Crippen LogP contribution in [-0.2, 0) is 0 Å². The molecule has 2 aromatic carbocycles. The van der Waals surface area contributed by atoms with E-state index in [2.05, 4.69) is 58.0 Å². The fourth-order valence-corrected chi connectivity index (χ4v) is 5.20. The van der Waals surface area contributed by atoms with Crippen molar-refractivity contribution in [2.75, 3.05) is 29.4 Å². The van der Waals surface area contributed by atoms with Gasteiger partial charge in [-0.1, -0.05) is 52.8 Å². The monoisotopic (exact) mass is 451 g/mol. The summed E-state index contributed by atoms with van der Waals surface area (Å²) in [4.78, 5) is 22.1. The Morgan fingerprint density at radius 2 is 1.87 bits per heavy atom. The van der Waals surface area contributed by atoms with Crippen LogP contribution in [0.1, 0.15) is 12.5 Å². The summed E-state index contributed by atoms with van der Waals surface area (Å²) in [5.74, 6) is 0. The highest BCUT2D eigenvalue weighted by atomic mass is 35.5. The second kappa shape index (κ2) is 7.98. The van der Waals surface area contributed by atoms with Gasteiger partial charge in [0.25, 0.3) is 5.56 Å². The third-order valence-corrected chi connectivity index (χ3v) is 7.07. The number of hydrogen-bond acceptors (Lipinski definition) is 6. The molecule has 0 unspecified atom stereocenters. The number of nitrogens with zero attached hydrogens (tertiary/aromatic N) is 5. The Balaban J connectivity index is 1.40. The summed E-state index contributed by atoms with van der Waals surface area (Å²) in [7, 11) is 0. The predicted molar refractivity (Wildman–Crippen MR) is 128 cm³/mol. The molecule has 2 aromatic heterocycles. The zero-order chi connectivity index (χ0) is 21.5. The number of hydrogen-bond donors (Lipinski definition) is 0.